The van der Waals surface area contributed by atoms with E-state index in [1.807, 2.05) is 6.20 Å². The Labute approximate surface area is 260 Å². The topological polar surface area (TPSA) is 244 Å². The third-order valence-electron chi connectivity index (χ3n) is 6.28. The second-order valence-corrected chi connectivity index (χ2v) is 10.4. The van der Waals surface area contributed by atoms with Crippen LogP contribution in [0.5, 0.6) is 0 Å². The molecule has 7 aromatic rings. The molecular weight excluding hydrogens is 614 g/mol. The highest BCUT2D eigenvalue weighted by Crippen LogP contribution is 2.25. The lowest BCUT2D eigenvalue weighted by Gasteiger charge is -2.04. The van der Waals surface area contributed by atoms with E-state index in [0.29, 0.717) is 39.4 Å². The highest BCUT2D eigenvalue weighted by atomic mass is 32.1. The van der Waals surface area contributed by atoms with Crippen molar-refractivity contribution in [1.29, 1.82) is 0 Å². The van der Waals surface area contributed by atoms with E-state index in [-0.39, 0.29) is 23.3 Å². The predicted molar refractivity (Wildman–Crippen MR) is 163 cm³/mol. The van der Waals surface area contributed by atoms with Crippen LogP contribution in [0.3, 0.4) is 0 Å². The zero-order valence-corrected chi connectivity index (χ0v) is 24.3. The van der Waals surface area contributed by atoms with E-state index >= 15 is 0 Å². The zero-order chi connectivity index (χ0) is 31.6. The van der Waals surface area contributed by atoms with Gasteiger partial charge in [0.1, 0.15) is 27.8 Å². The van der Waals surface area contributed by atoms with Gasteiger partial charge in [-0.25, -0.2) is 20.1 Å². The van der Waals surface area contributed by atoms with Gasteiger partial charge in [-0.1, -0.05) is 12.1 Å². The molecule has 5 N–H and O–H groups in total. The van der Waals surface area contributed by atoms with Gasteiger partial charge < -0.3 is 9.97 Å². The van der Waals surface area contributed by atoms with Crippen LogP contribution < -0.4 is 16.2 Å². The highest BCUT2D eigenvalue weighted by molar-refractivity contribution is 7.13. The molecule has 0 atom stereocenters. The molecule has 0 aliphatic carbocycles. The van der Waals surface area contributed by atoms with Gasteiger partial charge in [0.05, 0.1) is 17.6 Å². The molecule has 226 valence electrons. The van der Waals surface area contributed by atoms with E-state index in [2.05, 4.69) is 71.2 Å². The molecule has 0 aliphatic rings. The van der Waals surface area contributed by atoms with Gasteiger partial charge in [0.2, 0.25) is 11.9 Å². The third-order valence-corrected chi connectivity index (χ3v) is 7.18. The summed E-state index contributed by atoms with van der Waals surface area (Å²) in [5.41, 5.74) is 2.59. The Morgan fingerprint density at radius 3 is 1.93 bits per heavy atom. The maximum atomic E-state index is 12.8. The van der Waals surface area contributed by atoms with Crippen molar-refractivity contribution in [3.63, 3.8) is 0 Å². The minimum absolute atomic E-state index is 0.000240. The molecule has 0 bridgehead atoms. The van der Waals surface area contributed by atoms with Crippen LogP contribution in [0.25, 0.3) is 45.0 Å². The summed E-state index contributed by atoms with van der Waals surface area (Å²) in [7, 11) is 1.81. The summed E-state index contributed by atoms with van der Waals surface area (Å²) in [6.45, 7) is 0. The first-order valence-electron chi connectivity index (χ1n) is 13.3. The molecule has 2 amide bonds. The number of nitrogens with zero attached hydrogens (tertiary/aromatic N) is 10. The van der Waals surface area contributed by atoms with E-state index < -0.39 is 17.4 Å². The molecule has 0 fully saturated rings. The minimum atomic E-state index is -0.588. The van der Waals surface area contributed by atoms with Crippen molar-refractivity contribution in [1.82, 2.24) is 65.3 Å². The monoisotopic (exact) mass is 633 g/mol. The number of aromatic nitrogens is 13. The van der Waals surface area contributed by atoms with Gasteiger partial charge in [0.25, 0.3) is 17.4 Å². The van der Waals surface area contributed by atoms with Gasteiger partial charge in [0, 0.05) is 30.3 Å². The van der Waals surface area contributed by atoms with Crippen molar-refractivity contribution in [3.8, 4) is 45.0 Å². The highest BCUT2D eigenvalue weighted by Gasteiger charge is 2.17. The van der Waals surface area contributed by atoms with Crippen LogP contribution in [-0.4, -0.2) is 77.1 Å². The Morgan fingerprint density at radius 1 is 0.761 bits per heavy atom. The summed E-state index contributed by atoms with van der Waals surface area (Å²) >= 11 is 1.33. The van der Waals surface area contributed by atoms with Crippen LogP contribution in [0, 0.1) is 0 Å². The fourth-order valence-corrected chi connectivity index (χ4v) is 4.92. The van der Waals surface area contributed by atoms with Gasteiger partial charge in [-0.05, 0) is 30.3 Å². The first kappa shape index (κ1) is 28.0. The fraction of sp³-hybridized carbons (Fsp3) is 0.0370. The number of H-pyrrole nitrogens is 3. The number of pyridine rings is 2. The van der Waals surface area contributed by atoms with E-state index in [0.717, 1.165) is 5.56 Å². The van der Waals surface area contributed by atoms with Gasteiger partial charge in [-0.2, -0.15) is 10.2 Å². The molecule has 0 aromatic carbocycles. The second-order valence-electron chi connectivity index (χ2n) is 9.52. The number of amides is 2. The molecule has 0 radical (unpaired) electrons. The number of rotatable bonds is 8. The van der Waals surface area contributed by atoms with Crippen molar-refractivity contribution in [2.75, 3.05) is 10.6 Å². The molecule has 7 heterocycles. The number of hydrogen-bond acceptors (Lipinski definition) is 13. The normalized spacial score (nSPS) is 11.0. The average Bonchev–Trinajstić information content (AvgIpc) is 3.90. The number of thiazole rings is 1. The molecule has 0 spiro atoms. The average molecular weight is 634 g/mol. The summed E-state index contributed by atoms with van der Waals surface area (Å²) in [5, 5.41) is 33.7. The van der Waals surface area contributed by atoms with E-state index in [1.165, 1.54) is 23.5 Å². The fourth-order valence-electron chi connectivity index (χ4n) is 4.14. The van der Waals surface area contributed by atoms with E-state index in [4.69, 9.17) is 0 Å². The van der Waals surface area contributed by atoms with E-state index in [9.17, 15) is 14.4 Å². The standard InChI is InChI=1S/C27H19N15O3S/c1-42-11-13(10-28-42)25-31-19(12-46-25)24(45)35-27-33-22(39-41-27)17-7-3-5-15(30-17)14-4-2-6-16(29-14)21-32-26(40-38-21)34-23(44)18-8-9-20(43)37-36-18/h2-12H,1H3,(H,37,43)(H2,32,34,38,40,44)(H2,33,35,39,41,45). The molecule has 19 heteroatoms. The number of aromatic amines is 3. The van der Waals surface area contributed by atoms with Crippen molar-refractivity contribution in [3.05, 3.63) is 88.0 Å². The summed E-state index contributed by atoms with van der Waals surface area (Å²) in [5.74, 6) is -0.207. The van der Waals surface area contributed by atoms with Crippen molar-refractivity contribution >= 4 is 35.0 Å². The molecule has 18 nitrogen and oxygen atoms in total. The zero-order valence-electron chi connectivity index (χ0n) is 23.5. The quantitative estimate of drug-likeness (QED) is 0.162. The van der Waals surface area contributed by atoms with Crippen molar-refractivity contribution in [2.45, 2.75) is 0 Å². The van der Waals surface area contributed by atoms with Crippen LogP contribution in [0.4, 0.5) is 11.9 Å². The lowest BCUT2D eigenvalue weighted by molar-refractivity contribution is 0.101. The van der Waals surface area contributed by atoms with Gasteiger partial charge in [-0.15, -0.1) is 31.7 Å². The van der Waals surface area contributed by atoms with Crippen LogP contribution >= 0.6 is 11.3 Å². The van der Waals surface area contributed by atoms with Gasteiger partial charge in [0.15, 0.2) is 11.6 Å². The molecule has 46 heavy (non-hydrogen) atoms. The van der Waals surface area contributed by atoms with E-state index in [1.54, 1.807) is 59.7 Å². The summed E-state index contributed by atoms with van der Waals surface area (Å²) in [6, 6.07) is 13.0. The summed E-state index contributed by atoms with van der Waals surface area (Å²) < 4.78 is 1.66. The Hall–Kier alpha value is -6.76. The molecule has 7 aromatic heterocycles. The van der Waals surface area contributed by atoms with Gasteiger partial charge >= 0.3 is 0 Å². The number of anilines is 2. The molecule has 0 unspecified atom stereocenters. The van der Waals surface area contributed by atoms with Crippen molar-refractivity contribution < 1.29 is 9.59 Å². The Bertz CT molecular complexity index is 2260. The lowest BCUT2D eigenvalue weighted by Crippen LogP contribution is -2.18. The number of aryl methyl sites for hydroxylation is 1. The predicted octanol–water partition coefficient (Wildman–Crippen LogP) is 2.16. The lowest BCUT2D eigenvalue weighted by atomic mass is 10.2. The van der Waals surface area contributed by atoms with Crippen LogP contribution in [-0.2, 0) is 7.05 Å². The first-order valence-corrected chi connectivity index (χ1v) is 14.2. The van der Waals surface area contributed by atoms with Crippen LogP contribution in [0.2, 0.25) is 0 Å². The second kappa shape index (κ2) is 11.7. The summed E-state index contributed by atoms with van der Waals surface area (Å²) in [6.07, 6.45) is 3.50. The van der Waals surface area contributed by atoms with Crippen molar-refractivity contribution in [2.24, 2.45) is 7.05 Å². The number of carbonyl (C=O) groups excluding carboxylic acids is 2. The minimum Gasteiger partial charge on any atom is -0.306 e. The number of hydrogen-bond donors (Lipinski definition) is 5. The molecule has 0 aliphatic heterocycles. The molecule has 0 saturated carbocycles. The Balaban J connectivity index is 1.04. The van der Waals surface area contributed by atoms with Crippen LogP contribution in [0.15, 0.2) is 71.1 Å². The Morgan fingerprint density at radius 2 is 1.37 bits per heavy atom. The smallest absolute Gasteiger partial charge is 0.278 e. The molecule has 7 rings (SSSR count). The first-order chi connectivity index (χ1) is 22.4. The number of carbonyl (C=O) groups is 2. The van der Waals surface area contributed by atoms with Crippen LogP contribution in [0.1, 0.15) is 21.0 Å². The largest absolute Gasteiger partial charge is 0.306 e. The maximum absolute atomic E-state index is 12.8. The third kappa shape index (κ3) is 5.88. The molecule has 0 saturated heterocycles. The summed E-state index contributed by atoms with van der Waals surface area (Å²) in [4.78, 5) is 55.9. The maximum Gasteiger partial charge on any atom is 0.278 e. The SMILES string of the molecule is Cn1cc(-c2nc(C(=O)Nc3nnc(-c4cccc(-c5cccc(-c6nnc(NC(=O)c7ccc(=O)[nH]n7)[nH]6)n5)n4)[nH]3)cs2)cn1. The Kier molecular flexibility index (Phi) is 7.15. The number of nitrogens with one attached hydrogen (secondary N) is 5. The molecular formula is C27H19N15O3S. The van der Waals surface area contributed by atoms with Gasteiger partial charge in [-0.3, -0.25) is 29.7 Å².